The van der Waals surface area contributed by atoms with E-state index in [0.717, 1.165) is 41.8 Å². The molecule has 0 heterocycles. The van der Waals surface area contributed by atoms with Crippen LogP contribution in [0.3, 0.4) is 0 Å². The molecule has 206 valence electrons. The number of anilines is 1. The van der Waals surface area contributed by atoms with Crippen molar-refractivity contribution in [3.63, 3.8) is 0 Å². The number of halogens is 1. The highest BCUT2D eigenvalue weighted by atomic mass is 32.2. The Balaban J connectivity index is 1.70. The van der Waals surface area contributed by atoms with Crippen molar-refractivity contribution in [2.75, 3.05) is 17.1 Å². The van der Waals surface area contributed by atoms with E-state index >= 15 is 0 Å². The summed E-state index contributed by atoms with van der Waals surface area (Å²) in [5.74, 6) is -1.23. The minimum Gasteiger partial charge on any atom is -0.352 e. The molecule has 1 aliphatic rings. The molecule has 0 radical (unpaired) electrons. The zero-order valence-corrected chi connectivity index (χ0v) is 22.8. The van der Waals surface area contributed by atoms with E-state index in [2.05, 4.69) is 5.32 Å². The average Bonchev–Trinajstić information content (AvgIpc) is 3.43. The molecule has 0 aromatic heterocycles. The van der Waals surface area contributed by atoms with Crippen LogP contribution in [0.15, 0.2) is 84.9 Å². The highest BCUT2D eigenvalue weighted by Crippen LogP contribution is 2.22. The number of para-hydroxylation sites is 1. The minimum atomic E-state index is -3.81. The van der Waals surface area contributed by atoms with Crippen LogP contribution in [0.25, 0.3) is 0 Å². The molecule has 39 heavy (non-hydrogen) atoms. The van der Waals surface area contributed by atoms with Crippen molar-refractivity contribution < 1.29 is 22.4 Å². The summed E-state index contributed by atoms with van der Waals surface area (Å²) in [6.07, 6.45) is 5.12. The van der Waals surface area contributed by atoms with Crippen LogP contribution < -0.4 is 9.62 Å². The predicted molar refractivity (Wildman–Crippen MR) is 150 cm³/mol. The highest BCUT2D eigenvalue weighted by Gasteiger charge is 2.34. The minimum absolute atomic E-state index is 0.0150. The normalized spacial score (nSPS) is 14.5. The van der Waals surface area contributed by atoms with Crippen molar-refractivity contribution in [2.45, 2.75) is 50.7 Å². The zero-order chi connectivity index (χ0) is 27.8. The summed E-state index contributed by atoms with van der Waals surface area (Å²) in [5.41, 5.74) is 1.84. The number of hydrogen-bond acceptors (Lipinski definition) is 4. The van der Waals surface area contributed by atoms with Crippen molar-refractivity contribution in [3.8, 4) is 0 Å². The second kappa shape index (κ2) is 12.9. The fourth-order valence-electron chi connectivity index (χ4n) is 4.92. The molecule has 1 saturated carbocycles. The summed E-state index contributed by atoms with van der Waals surface area (Å²) in [6, 6.07) is 22.7. The number of nitrogens with one attached hydrogen (secondary N) is 1. The number of nitrogens with zero attached hydrogens (tertiary/aromatic N) is 2. The fourth-order valence-corrected chi connectivity index (χ4v) is 5.77. The van der Waals surface area contributed by atoms with E-state index in [4.69, 9.17) is 0 Å². The molecule has 1 aliphatic carbocycles. The number of carbonyl (C=O) groups excluding carboxylic acids is 2. The lowest BCUT2D eigenvalue weighted by molar-refractivity contribution is -0.140. The van der Waals surface area contributed by atoms with Gasteiger partial charge in [-0.1, -0.05) is 73.5 Å². The van der Waals surface area contributed by atoms with Gasteiger partial charge in [0.15, 0.2) is 0 Å². The predicted octanol–water partition coefficient (Wildman–Crippen LogP) is 4.29. The maximum atomic E-state index is 14.0. The molecule has 1 atom stereocenters. The topological polar surface area (TPSA) is 86.8 Å². The van der Waals surface area contributed by atoms with Crippen molar-refractivity contribution in [1.82, 2.24) is 10.2 Å². The van der Waals surface area contributed by atoms with Crippen LogP contribution in [0.2, 0.25) is 0 Å². The summed E-state index contributed by atoms with van der Waals surface area (Å²) >= 11 is 0. The molecule has 0 aliphatic heterocycles. The lowest BCUT2D eigenvalue weighted by Crippen LogP contribution is -2.54. The number of sulfonamides is 1. The van der Waals surface area contributed by atoms with Gasteiger partial charge in [0.05, 0.1) is 11.9 Å². The largest absolute Gasteiger partial charge is 0.352 e. The van der Waals surface area contributed by atoms with Crippen LogP contribution in [0.4, 0.5) is 10.1 Å². The van der Waals surface area contributed by atoms with E-state index in [1.165, 1.54) is 17.0 Å². The SMILES string of the molecule is CS(=O)(=O)N(CC(=O)N(Cc1ccc(F)cc1)[C@H](Cc1ccccc1)C(=O)NC1CCCC1)c1ccccc1. The van der Waals surface area contributed by atoms with E-state index in [0.29, 0.717) is 11.3 Å². The molecule has 2 amide bonds. The van der Waals surface area contributed by atoms with Crippen LogP contribution in [-0.2, 0) is 32.6 Å². The Hall–Kier alpha value is -3.72. The quantitative estimate of drug-likeness (QED) is 0.385. The van der Waals surface area contributed by atoms with E-state index < -0.39 is 34.3 Å². The number of carbonyl (C=O) groups is 2. The van der Waals surface area contributed by atoms with Gasteiger partial charge in [0, 0.05) is 19.0 Å². The first-order valence-corrected chi connectivity index (χ1v) is 15.0. The Labute approximate surface area is 229 Å². The van der Waals surface area contributed by atoms with Gasteiger partial charge in [-0.15, -0.1) is 0 Å². The van der Waals surface area contributed by atoms with Crippen LogP contribution in [0, 0.1) is 5.82 Å². The summed E-state index contributed by atoms with van der Waals surface area (Å²) in [7, 11) is -3.81. The van der Waals surface area contributed by atoms with Crippen LogP contribution >= 0.6 is 0 Å². The van der Waals surface area contributed by atoms with Crippen molar-refractivity contribution in [3.05, 3.63) is 102 Å². The molecule has 0 saturated heterocycles. The molecule has 0 spiro atoms. The molecule has 1 fully saturated rings. The monoisotopic (exact) mass is 551 g/mol. The van der Waals surface area contributed by atoms with E-state index in [-0.39, 0.29) is 24.9 Å². The molecule has 7 nitrogen and oxygen atoms in total. The maximum absolute atomic E-state index is 14.0. The summed E-state index contributed by atoms with van der Waals surface area (Å²) < 4.78 is 40.2. The van der Waals surface area contributed by atoms with Gasteiger partial charge in [-0.05, 0) is 48.2 Å². The van der Waals surface area contributed by atoms with E-state index in [1.807, 2.05) is 30.3 Å². The maximum Gasteiger partial charge on any atom is 0.244 e. The number of benzene rings is 3. The second-order valence-corrected chi connectivity index (χ2v) is 11.9. The van der Waals surface area contributed by atoms with Gasteiger partial charge >= 0.3 is 0 Å². The Morgan fingerprint density at radius 3 is 2.08 bits per heavy atom. The zero-order valence-electron chi connectivity index (χ0n) is 22.0. The number of hydrogen-bond donors (Lipinski definition) is 1. The summed E-state index contributed by atoms with van der Waals surface area (Å²) in [5, 5.41) is 3.12. The Morgan fingerprint density at radius 1 is 0.897 bits per heavy atom. The first-order chi connectivity index (χ1) is 18.7. The van der Waals surface area contributed by atoms with Gasteiger partial charge in [-0.25, -0.2) is 12.8 Å². The molecule has 0 bridgehead atoms. The van der Waals surface area contributed by atoms with Crippen molar-refractivity contribution >= 4 is 27.5 Å². The standard InChI is InChI=1S/C30H34FN3O4S/c1-39(37,38)34(27-14-6-3-7-15-27)22-29(35)33(21-24-16-18-25(31)19-17-24)28(20-23-10-4-2-5-11-23)30(36)32-26-12-8-9-13-26/h2-7,10-11,14-19,26,28H,8-9,12-13,20-22H2,1H3,(H,32,36)/t28-/m1/s1. The fraction of sp³-hybridized carbons (Fsp3) is 0.333. The third kappa shape index (κ3) is 7.89. The number of amides is 2. The molecule has 0 unspecified atom stereocenters. The average molecular weight is 552 g/mol. The van der Waals surface area contributed by atoms with Crippen LogP contribution in [0.5, 0.6) is 0 Å². The van der Waals surface area contributed by atoms with Gasteiger partial charge in [-0.3, -0.25) is 13.9 Å². The Bertz CT molecular complexity index is 1350. The van der Waals surface area contributed by atoms with Gasteiger partial charge in [0.1, 0.15) is 18.4 Å². The Kier molecular flexibility index (Phi) is 9.35. The molecule has 1 N–H and O–H groups in total. The van der Waals surface area contributed by atoms with E-state index in [9.17, 15) is 22.4 Å². The van der Waals surface area contributed by atoms with Crippen LogP contribution in [0.1, 0.15) is 36.8 Å². The molecule has 3 aromatic carbocycles. The molecular weight excluding hydrogens is 517 g/mol. The van der Waals surface area contributed by atoms with Gasteiger partial charge in [0.25, 0.3) is 0 Å². The Morgan fingerprint density at radius 2 is 1.49 bits per heavy atom. The molecular formula is C30H34FN3O4S. The van der Waals surface area contributed by atoms with Crippen LogP contribution in [-0.4, -0.2) is 50.0 Å². The lowest BCUT2D eigenvalue weighted by Gasteiger charge is -2.34. The smallest absolute Gasteiger partial charge is 0.244 e. The lowest BCUT2D eigenvalue weighted by atomic mass is 10.0. The third-order valence-electron chi connectivity index (χ3n) is 6.96. The first-order valence-electron chi connectivity index (χ1n) is 13.1. The molecule has 3 aromatic rings. The highest BCUT2D eigenvalue weighted by molar-refractivity contribution is 7.92. The molecule has 9 heteroatoms. The molecule has 4 rings (SSSR count). The van der Waals surface area contributed by atoms with Gasteiger partial charge < -0.3 is 10.2 Å². The first kappa shape index (κ1) is 28.3. The summed E-state index contributed by atoms with van der Waals surface area (Å²) in [4.78, 5) is 29.2. The van der Waals surface area contributed by atoms with Crippen molar-refractivity contribution in [1.29, 1.82) is 0 Å². The van der Waals surface area contributed by atoms with Gasteiger partial charge in [0.2, 0.25) is 21.8 Å². The second-order valence-electron chi connectivity index (χ2n) is 9.95. The van der Waals surface area contributed by atoms with Gasteiger partial charge in [-0.2, -0.15) is 0 Å². The number of rotatable bonds is 11. The van der Waals surface area contributed by atoms with E-state index in [1.54, 1.807) is 42.5 Å². The summed E-state index contributed by atoms with van der Waals surface area (Å²) in [6.45, 7) is -0.465. The third-order valence-corrected chi connectivity index (χ3v) is 8.10. The van der Waals surface area contributed by atoms with Crippen molar-refractivity contribution in [2.24, 2.45) is 0 Å².